The lowest BCUT2D eigenvalue weighted by Crippen LogP contribution is -2.14. The van der Waals surface area contributed by atoms with Crippen LogP contribution in [0.25, 0.3) is 11.3 Å². The Morgan fingerprint density at radius 3 is 2.71 bits per heavy atom. The maximum absolute atomic E-state index is 13.5. The standard InChI is InChI=1S/C18H14ClFN2O2/c1-10-6-7-15(14(19)8-10)21-18(23)16-11(2)24-22-17(16)12-4-3-5-13(20)9-12/h3-9H,1-2H3,(H,21,23). The molecular formula is C18H14ClFN2O2. The van der Waals surface area contributed by atoms with Gasteiger partial charge in [0.05, 0.1) is 10.7 Å². The van der Waals surface area contributed by atoms with Crippen LogP contribution >= 0.6 is 11.6 Å². The molecule has 1 heterocycles. The molecule has 24 heavy (non-hydrogen) atoms. The topological polar surface area (TPSA) is 55.1 Å². The molecule has 0 unspecified atom stereocenters. The molecule has 122 valence electrons. The van der Waals surface area contributed by atoms with Crippen LogP contribution in [0, 0.1) is 19.7 Å². The molecule has 6 heteroatoms. The number of amides is 1. The number of nitrogens with one attached hydrogen (secondary N) is 1. The third kappa shape index (κ3) is 3.16. The van der Waals surface area contributed by atoms with Crippen molar-refractivity contribution < 1.29 is 13.7 Å². The van der Waals surface area contributed by atoms with E-state index in [0.29, 0.717) is 22.0 Å². The Morgan fingerprint density at radius 2 is 2.00 bits per heavy atom. The first-order valence-corrected chi connectivity index (χ1v) is 7.63. The highest BCUT2D eigenvalue weighted by Crippen LogP contribution is 2.28. The van der Waals surface area contributed by atoms with Gasteiger partial charge in [0.25, 0.3) is 5.91 Å². The molecule has 0 aliphatic rings. The van der Waals surface area contributed by atoms with Gasteiger partial charge in [0.15, 0.2) is 0 Å². The number of carbonyl (C=O) groups is 1. The number of hydrogen-bond acceptors (Lipinski definition) is 3. The summed E-state index contributed by atoms with van der Waals surface area (Å²) in [6, 6.07) is 11.2. The Balaban J connectivity index is 1.97. The van der Waals surface area contributed by atoms with E-state index in [1.54, 1.807) is 31.2 Å². The van der Waals surface area contributed by atoms with E-state index in [0.717, 1.165) is 5.56 Å². The number of aromatic nitrogens is 1. The van der Waals surface area contributed by atoms with Crippen molar-refractivity contribution >= 4 is 23.2 Å². The van der Waals surface area contributed by atoms with Gasteiger partial charge in [-0.2, -0.15) is 0 Å². The number of rotatable bonds is 3. The maximum atomic E-state index is 13.5. The Labute approximate surface area is 143 Å². The van der Waals surface area contributed by atoms with E-state index in [-0.39, 0.29) is 11.3 Å². The quantitative estimate of drug-likeness (QED) is 0.727. The van der Waals surface area contributed by atoms with Crippen LogP contribution < -0.4 is 5.32 Å². The van der Waals surface area contributed by atoms with Gasteiger partial charge in [0.2, 0.25) is 0 Å². The predicted octanol–water partition coefficient (Wildman–Crippen LogP) is 5.00. The minimum Gasteiger partial charge on any atom is -0.360 e. The monoisotopic (exact) mass is 344 g/mol. The van der Waals surface area contributed by atoms with E-state index in [1.165, 1.54) is 12.1 Å². The fourth-order valence-electron chi connectivity index (χ4n) is 2.38. The molecule has 1 amide bonds. The molecule has 0 aliphatic heterocycles. The van der Waals surface area contributed by atoms with Crippen molar-refractivity contribution in [1.82, 2.24) is 5.16 Å². The van der Waals surface area contributed by atoms with Crippen LogP contribution in [0.15, 0.2) is 47.0 Å². The Hall–Kier alpha value is -2.66. The summed E-state index contributed by atoms with van der Waals surface area (Å²) in [6.45, 7) is 3.53. The maximum Gasteiger partial charge on any atom is 0.261 e. The van der Waals surface area contributed by atoms with E-state index in [1.807, 2.05) is 13.0 Å². The number of nitrogens with zero attached hydrogens (tertiary/aromatic N) is 1. The first-order chi connectivity index (χ1) is 11.5. The lowest BCUT2D eigenvalue weighted by molar-refractivity contribution is 0.102. The number of halogens is 2. The largest absolute Gasteiger partial charge is 0.360 e. The van der Waals surface area contributed by atoms with E-state index in [2.05, 4.69) is 10.5 Å². The zero-order chi connectivity index (χ0) is 17.3. The van der Waals surface area contributed by atoms with Gasteiger partial charge in [-0.15, -0.1) is 0 Å². The SMILES string of the molecule is Cc1ccc(NC(=O)c2c(-c3cccc(F)c3)noc2C)c(Cl)c1. The van der Waals surface area contributed by atoms with Gasteiger partial charge in [0.1, 0.15) is 22.8 Å². The van der Waals surface area contributed by atoms with E-state index in [4.69, 9.17) is 16.1 Å². The third-order valence-electron chi connectivity index (χ3n) is 3.56. The average molecular weight is 345 g/mol. The van der Waals surface area contributed by atoms with Crippen LogP contribution in [0.4, 0.5) is 10.1 Å². The van der Waals surface area contributed by atoms with Crippen molar-refractivity contribution in [2.75, 3.05) is 5.32 Å². The van der Waals surface area contributed by atoms with Crippen molar-refractivity contribution in [2.45, 2.75) is 13.8 Å². The van der Waals surface area contributed by atoms with Gasteiger partial charge in [-0.25, -0.2) is 4.39 Å². The number of hydrogen-bond donors (Lipinski definition) is 1. The molecule has 4 nitrogen and oxygen atoms in total. The smallest absolute Gasteiger partial charge is 0.261 e. The molecule has 0 spiro atoms. The summed E-state index contributed by atoms with van der Waals surface area (Å²) in [5, 5.41) is 7.07. The van der Waals surface area contributed by atoms with Crippen LogP contribution in [-0.4, -0.2) is 11.1 Å². The summed E-state index contributed by atoms with van der Waals surface area (Å²) in [4.78, 5) is 12.6. The van der Waals surface area contributed by atoms with Crippen molar-refractivity contribution in [1.29, 1.82) is 0 Å². The molecule has 0 aliphatic carbocycles. The predicted molar refractivity (Wildman–Crippen MR) is 90.8 cm³/mol. The number of anilines is 1. The Bertz CT molecular complexity index is 921. The molecule has 1 aromatic heterocycles. The van der Waals surface area contributed by atoms with Gasteiger partial charge in [-0.1, -0.05) is 35.0 Å². The summed E-state index contributed by atoms with van der Waals surface area (Å²) in [6.07, 6.45) is 0. The van der Waals surface area contributed by atoms with Crippen LogP contribution in [0.5, 0.6) is 0 Å². The number of aryl methyl sites for hydroxylation is 2. The summed E-state index contributed by atoms with van der Waals surface area (Å²) in [5.74, 6) is -0.491. The van der Waals surface area contributed by atoms with Crippen molar-refractivity contribution in [3.05, 3.63) is 70.2 Å². The van der Waals surface area contributed by atoms with Crippen LogP contribution in [0.1, 0.15) is 21.7 Å². The van der Waals surface area contributed by atoms with Crippen LogP contribution in [0.3, 0.4) is 0 Å². The lowest BCUT2D eigenvalue weighted by Gasteiger charge is -2.08. The summed E-state index contributed by atoms with van der Waals surface area (Å²) in [5.41, 5.74) is 2.47. The second kappa shape index (κ2) is 6.45. The van der Waals surface area contributed by atoms with Gasteiger partial charge < -0.3 is 9.84 Å². The normalized spacial score (nSPS) is 10.7. The Morgan fingerprint density at radius 1 is 1.21 bits per heavy atom. The third-order valence-corrected chi connectivity index (χ3v) is 3.87. The lowest BCUT2D eigenvalue weighted by atomic mass is 10.1. The van der Waals surface area contributed by atoms with Crippen LogP contribution in [0.2, 0.25) is 5.02 Å². The van der Waals surface area contributed by atoms with Crippen molar-refractivity contribution in [3.63, 3.8) is 0 Å². The molecule has 2 aromatic carbocycles. The van der Waals surface area contributed by atoms with Crippen LogP contribution in [-0.2, 0) is 0 Å². The average Bonchev–Trinajstić information content (AvgIpc) is 2.92. The highest BCUT2D eigenvalue weighted by Gasteiger charge is 2.22. The fourth-order valence-corrected chi connectivity index (χ4v) is 2.66. The molecule has 1 N–H and O–H groups in total. The molecule has 0 radical (unpaired) electrons. The van der Waals surface area contributed by atoms with Crippen molar-refractivity contribution in [2.24, 2.45) is 0 Å². The second-order valence-electron chi connectivity index (χ2n) is 5.41. The molecule has 0 saturated carbocycles. The highest BCUT2D eigenvalue weighted by atomic mass is 35.5. The first kappa shape index (κ1) is 16.2. The molecule has 0 saturated heterocycles. The minimum absolute atomic E-state index is 0.247. The molecule has 3 aromatic rings. The zero-order valence-electron chi connectivity index (χ0n) is 13.1. The highest BCUT2D eigenvalue weighted by molar-refractivity contribution is 6.34. The van der Waals surface area contributed by atoms with E-state index < -0.39 is 11.7 Å². The number of benzene rings is 2. The number of carbonyl (C=O) groups excluding carboxylic acids is 1. The van der Waals surface area contributed by atoms with Gasteiger partial charge in [0, 0.05) is 5.56 Å². The first-order valence-electron chi connectivity index (χ1n) is 7.25. The van der Waals surface area contributed by atoms with Crippen molar-refractivity contribution in [3.8, 4) is 11.3 Å². The van der Waals surface area contributed by atoms with E-state index >= 15 is 0 Å². The summed E-state index contributed by atoms with van der Waals surface area (Å²) in [7, 11) is 0. The van der Waals surface area contributed by atoms with E-state index in [9.17, 15) is 9.18 Å². The van der Waals surface area contributed by atoms with Gasteiger partial charge >= 0.3 is 0 Å². The molecule has 0 atom stereocenters. The minimum atomic E-state index is -0.418. The van der Waals surface area contributed by atoms with Gasteiger partial charge in [-0.05, 0) is 43.7 Å². The van der Waals surface area contributed by atoms with Gasteiger partial charge in [-0.3, -0.25) is 4.79 Å². The molecule has 0 fully saturated rings. The molecular weight excluding hydrogens is 331 g/mol. The zero-order valence-corrected chi connectivity index (χ0v) is 13.8. The summed E-state index contributed by atoms with van der Waals surface area (Å²) >= 11 is 6.15. The molecule has 0 bridgehead atoms. The Kier molecular flexibility index (Phi) is 4.36. The second-order valence-corrected chi connectivity index (χ2v) is 5.82. The summed E-state index contributed by atoms with van der Waals surface area (Å²) < 4.78 is 18.6. The fraction of sp³-hybridized carbons (Fsp3) is 0.111. The molecule has 3 rings (SSSR count).